The molecule has 0 bridgehead atoms. The van der Waals surface area contributed by atoms with Crippen molar-refractivity contribution in [1.82, 2.24) is 0 Å². The van der Waals surface area contributed by atoms with E-state index in [0.717, 1.165) is 0 Å². The molecule has 5 nitrogen and oxygen atoms in total. The predicted molar refractivity (Wildman–Crippen MR) is 86.7 cm³/mol. The second-order valence-corrected chi connectivity index (χ2v) is 5.26. The summed E-state index contributed by atoms with van der Waals surface area (Å²) in [6.07, 6.45) is -4.99. The molecule has 2 N–H and O–H groups in total. The maximum Gasteiger partial charge on any atom is 0.471 e. The van der Waals surface area contributed by atoms with Gasteiger partial charge in [0.15, 0.2) is 6.61 Å². The van der Waals surface area contributed by atoms with Gasteiger partial charge in [0.2, 0.25) is 0 Å². The van der Waals surface area contributed by atoms with E-state index in [0.29, 0.717) is 10.8 Å². The third-order valence-electron chi connectivity index (χ3n) is 2.85. The van der Waals surface area contributed by atoms with Crippen molar-refractivity contribution in [3.8, 4) is 5.75 Å². The minimum atomic E-state index is -4.99. The van der Waals surface area contributed by atoms with E-state index in [1.165, 1.54) is 24.3 Å². The van der Waals surface area contributed by atoms with Gasteiger partial charge >= 0.3 is 12.1 Å². The maximum absolute atomic E-state index is 12.2. The molecule has 0 saturated carbocycles. The lowest BCUT2D eigenvalue weighted by Gasteiger charge is -2.10. The summed E-state index contributed by atoms with van der Waals surface area (Å²) in [6, 6.07) is 11.7. The summed E-state index contributed by atoms with van der Waals surface area (Å²) < 4.78 is 41.9. The number of anilines is 2. The van der Waals surface area contributed by atoms with Crippen LogP contribution < -0.4 is 15.4 Å². The average molecular weight is 373 g/mol. The van der Waals surface area contributed by atoms with Crippen LogP contribution in [0.2, 0.25) is 5.02 Å². The van der Waals surface area contributed by atoms with E-state index >= 15 is 0 Å². The number of nitrogens with one attached hydrogen (secondary N) is 2. The Labute approximate surface area is 145 Å². The lowest BCUT2D eigenvalue weighted by Crippen LogP contribution is -2.30. The number of amides is 2. The fourth-order valence-corrected chi connectivity index (χ4v) is 1.88. The second kappa shape index (κ2) is 7.89. The van der Waals surface area contributed by atoms with E-state index in [9.17, 15) is 22.8 Å². The summed E-state index contributed by atoms with van der Waals surface area (Å²) in [4.78, 5) is 22.7. The molecule has 0 fully saturated rings. The topological polar surface area (TPSA) is 67.4 Å². The molecule has 0 atom stereocenters. The highest BCUT2D eigenvalue weighted by Gasteiger charge is 2.38. The smallest absolute Gasteiger partial charge is 0.471 e. The number of benzene rings is 2. The first-order valence-corrected chi connectivity index (χ1v) is 7.28. The van der Waals surface area contributed by atoms with Gasteiger partial charge in [-0.2, -0.15) is 13.2 Å². The third kappa shape index (κ3) is 6.00. The summed E-state index contributed by atoms with van der Waals surface area (Å²) in [7, 11) is 0. The van der Waals surface area contributed by atoms with Crippen LogP contribution in [0.4, 0.5) is 24.5 Å². The van der Waals surface area contributed by atoms with Gasteiger partial charge in [0.1, 0.15) is 5.75 Å². The number of alkyl halides is 3. The van der Waals surface area contributed by atoms with Gasteiger partial charge in [0.05, 0.1) is 0 Å². The Balaban J connectivity index is 1.91. The monoisotopic (exact) mass is 372 g/mol. The molecule has 25 heavy (non-hydrogen) atoms. The maximum atomic E-state index is 12.2. The van der Waals surface area contributed by atoms with E-state index in [4.69, 9.17) is 16.3 Å². The molecule has 0 saturated heterocycles. The zero-order valence-corrected chi connectivity index (χ0v) is 13.3. The fraction of sp³-hybridized carbons (Fsp3) is 0.125. The van der Waals surface area contributed by atoms with Crippen LogP contribution in [-0.4, -0.2) is 24.6 Å². The number of carbonyl (C=O) groups excluding carboxylic acids is 2. The number of hydrogen-bond donors (Lipinski definition) is 2. The zero-order valence-electron chi connectivity index (χ0n) is 12.6. The van der Waals surface area contributed by atoms with Crippen LogP contribution in [0.5, 0.6) is 5.75 Å². The second-order valence-electron chi connectivity index (χ2n) is 4.82. The van der Waals surface area contributed by atoms with Gasteiger partial charge in [-0.25, -0.2) is 0 Å². The van der Waals surface area contributed by atoms with E-state index in [1.54, 1.807) is 29.6 Å². The molecule has 2 rings (SSSR count). The minimum absolute atomic E-state index is 0.0984. The lowest BCUT2D eigenvalue weighted by atomic mass is 10.2. The van der Waals surface area contributed by atoms with Gasteiger partial charge in [0.25, 0.3) is 5.91 Å². The van der Waals surface area contributed by atoms with Crippen molar-refractivity contribution in [2.24, 2.45) is 0 Å². The molecule has 132 valence electrons. The predicted octanol–water partition coefficient (Wildman–Crippen LogP) is 3.86. The number of hydrogen-bond acceptors (Lipinski definition) is 3. The highest BCUT2D eigenvalue weighted by molar-refractivity contribution is 6.30. The van der Waals surface area contributed by atoms with Crippen molar-refractivity contribution in [3.05, 3.63) is 53.6 Å². The molecule has 0 aromatic heterocycles. The van der Waals surface area contributed by atoms with Gasteiger partial charge < -0.3 is 15.4 Å². The van der Waals surface area contributed by atoms with Gasteiger partial charge in [-0.3, -0.25) is 9.59 Å². The Kier molecular flexibility index (Phi) is 5.87. The SMILES string of the molecule is O=C(COc1ccc(Cl)cc1)Nc1cccc(NC(=O)C(F)(F)F)c1. The van der Waals surface area contributed by atoms with E-state index < -0.39 is 18.0 Å². The molecular formula is C16H12ClF3N2O3. The Morgan fingerprint density at radius 3 is 2.20 bits per heavy atom. The molecule has 2 aromatic carbocycles. The summed E-state index contributed by atoms with van der Waals surface area (Å²) in [5.41, 5.74) is 0.114. The Bertz CT molecular complexity index is 764. The van der Waals surface area contributed by atoms with Crippen molar-refractivity contribution < 1.29 is 27.5 Å². The first kappa shape index (κ1) is 18.6. The molecular weight excluding hydrogens is 361 g/mol. The number of carbonyl (C=O) groups is 2. The Hall–Kier alpha value is -2.74. The Morgan fingerprint density at radius 2 is 1.60 bits per heavy atom. The standard InChI is InChI=1S/C16H12ClF3N2O3/c17-10-4-6-13(7-5-10)25-9-14(23)21-11-2-1-3-12(8-11)22-15(24)16(18,19)20/h1-8H,9H2,(H,21,23)(H,22,24). The molecule has 2 amide bonds. The van der Waals surface area contributed by atoms with Crippen LogP contribution in [-0.2, 0) is 9.59 Å². The van der Waals surface area contributed by atoms with E-state index in [-0.39, 0.29) is 18.0 Å². The van der Waals surface area contributed by atoms with Crippen molar-refractivity contribution in [2.75, 3.05) is 17.2 Å². The van der Waals surface area contributed by atoms with Gasteiger partial charge in [0, 0.05) is 16.4 Å². The number of ether oxygens (including phenoxy) is 1. The average Bonchev–Trinajstić information content (AvgIpc) is 2.54. The normalized spacial score (nSPS) is 10.9. The first-order valence-electron chi connectivity index (χ1n) is 6.90. The first-order chi connectivity index (χ1) is 11.7. The molecule has 0 aliphatic rings. The minimum Gasteiger partial charge on any atom is -0.484 e. The van der Waals surface area contributed by atoms with Crippen molar-refractivity contribution in [3.63, 3.8) is 0 Å². The van der Waals surface area contributed by atoms with Crippen molar-refractivity contribution >= 4 is 34.8 Å². The summed E-state index contributed by atoms with van der Waals surface area (Å²) in [5.74, 6) is -2.18. The van der Waals surface area contributed by atoms with Gasteiger partial charge in [-0.15, -0.1) is 0 Å². The number of rotatable bonds is 5. The molecule has 0 unspecified atom stereocenters. The molecule has 0 spiro atoms. The summed E-state index contributed by atoms with van der Waals surface area (Å²) >= 11 is 5.73. The molecule has 0 aliphatic carbocycles. The fourth-order valence-electron chi connectivity index (χ4n) is 1.75. The van der Waals surface area contributed by atoms with Crippen LogP contribution >= 0.6 is 11.6 Å². The molecule has 9 heteroatoms. The van der Waals surface area contributed by atoms with Crippen LogP contribution in [0.1, 0.15) is 0 Å². The highest BCUT2D eigenvalue weighted by atomic mass is 35.5. The summed E-state index contributed by atoms with van der Waals surface area (Å²) in [5, 5.41) is 4.68. The summed E-state index contributed by atoms with van der Waals surface area (Å²) in [6.45, 7) is -0.305. The van der Waals surface area contributed by atoms with E-state index in [2.05, 4.69) is 5.32 Å². The largest absolute Gasteiger partial charge is 0.484 e. The van der Waals surface area contributed by atoms with Crippen LogP contribution in [0.3, 0.4) is 0 Å². The molecule has 0 radical (unpaired) electrons. The van der Waals surface area contributed by atoms with Gasteiger partial charge in [-0.1, -0.05) is 17.7 Å². The molecule has 0 aliphatic heterocycles. The van der Waals surface area contributed by atoms with Gasteiger partial charge in [-0.05, 0) is 42.5 Å². The molecule has 0 heterocycles. The zero-order chi connectivity index (χ0) is 18.4. The van der Waals surface area contributed by atoms with Crippen LogP contribution in [0.25, 0.3) is 0 Å². The van der Waals surface area contributed by atoms with E-state index in [1.807, 2.05) is 0 Å². The lowest BCUT2D eigenvalue weighted by molar-refractivity contribution is -0.167. The third-order valence-corrected chi connectivity index (χ3v) is 3.10. The number of halogens is 4. The van der Waals surface area contributed by atoms with Crippen LogP contribution in [0.15, 0.2) is 48.5 Å². The quantitative estimate of drug-likeness (QED) is 0.837. The Morgan fingerprint density at radius 1 is 1.00 bits per heavy atom. The molecule has 2 aromatic rings. The van der Waals surface area contributed by atoms with Crippen molar-refractivity contribution in [1.29, 1.82) is 0 Å². The van der Waals surface area contributed by atoms with Crippen molar-refractivity contribution in [2.45, 2.75) is 6.18 Å². The van der Waals surface area contributed by atoms with Crippen LogP contribution in [0, 0.1) is 0 Å². The highest BCUT2D eigenvalue weighted by Crippen LogP contribution is 2.20.